The average molecular weight is 139 g/mol. The number of hydrogen-bond acceptors (Lipinski definition) is 2. The monoisotopic (exact) mass is 139 g/mol. The molecule has 4 nitrogen and oxygen atoms in total. The van der Waals surface area contributed by atoms with E-state index < -0.39 is 7.60 Å². The first kappa shape index (κ1) is 8.11. The lowest BCUT2D eigenvalue weighted by atomic mass is 11.0. The molecular formula is C3H10NO3P. The Labute approximate surface area is 48.3 Å². The zero-order chi connectivity index (χ0) is 6.78. The molecule has 8 heavy (non-hydrogen) atoms. The molecule has 0 spiro atoms. The van der Waals surface area contributed by atoms with Gasteiger partial charge in [0.1, 0.15) is 6.29 Å². The van der Waals surface area contributed by atoms with Crippen LogP contribution in [0.4, 0.5) is 0 Å². The zero-order valence-electron chi connectivity index (χ0n) is 4.90. The normalized spacial score (nSPS) is 12.6. The third kappa shape index (κ3) is 6.11. The molecule has 0 aliphatic rings. The van der Waals surface area contributed by atoms with Crippen LogP contribution in [0.5, 0.6) is 0 Å². The third-order valence-corrected chi connectivity index (χ3v) is 1.40. The van der Waals surface area contributed by atoms with E-state index in [0.717, 1.165) is 0 Å². The summed E-state index contributed by atoms with van der Waals surface area (Å²) in [6, 6.07) is 0. The van der Waals surface area contributed by atoms with E-state index in [1.165, 1.54) is 4.90 Å². The van der Waals surface area contributed by atoms with Gasteiger partial charge < -0.3 is 9.79 Å². The minimum atomic E-state index is -3.80. The van der Waals surface area contributed by atoms with Crippen molar-refractivity contribution in [2.24, 2.45) is 0 Å². The van der Waals surface area contributed by atoms with Gasteiger partial charge in [-0.3, -0.25) is 9.46 Å². The minimum absolute atomic E-state index is 0.174. The average Bonchev–Trinajstić information content (AvgIpc) is 1.21. The second kappa shape index (κ2) is 2.60. The molecule has 0 aromatic heterocycles. The first-order valence-electron chi connectivity index (χ1n) is 2.11. The largest absolute Gasteiger partial charge is 0.339 e. The van der Waals surface area contributed by atoms with Crippen LogP contribution in [0, 0.1) is 0 Å². The highest BCUT2D eigenvalue weighted by molar-refractivity contribution is 7.51. The van der Waals surface area contributed by atoms with Gasteiger partial charge in [0.25, 0.3) is 0 Å². The van der Waals surface area contributed by atoms with Gasteiger partial charge in [0.05, 0.1) is 0 Å². The molecule has 2 N–H and O–H groups in total. The summed E-state index contributed by atoms with van der Waals surface area (Å²) in [6.45, 7) is 0. The molecule has 0 radical (unpaired) electrons. The Bertz CT molecular complexity index is 107. The van der Waals surface area contributed by atoms with Gasteiger partial charge in [-0.05, 0) is 14.1 Å². The van der Waals surface area contributed by atoms with E-state index in [-0.39, 0.29) is 6.29 Å². The van der Waals surface area contributed by atoms with Gasteiger partial charge in [-0.15, -0.1) is 0 Å². The van der Waals surface area contributed by atoms with Crippen molar-refractivity contribution in [3.8, 4) is 0 Å². The summed E-state index contributed by atoms with van der Waals surface area (Å²) < 4.78 is 10.1. The van der Waals surface area contributed by atoms with E-state index in [1.54, 1.807) is 14.1 Å². The third-order valence-electron chi connectivity index (χ3n) is 0.467. The molecule has 0 atom stereocenters. The summed E-state index contributed by atoms with van der Waals surface area (Å²) in [6.07, 6.45) is -0.174. The molecule has 0 unspecified atom stereocenters. The highest BCUT2D eigenvalue weighted by atomic mass is 31.2. The quantitative estimate of drug-likeness (QED) is 0.515. The first-order valence-corrected chi connectivity index (χ1v) is 3.91. The van der Waals surface area contributed by atoms with Crippen LogP contribution in [0.2, 0.25) is 0 Å². The van der Waals surface area contributed by atoms with Crippen LogP contribution in [-0.4, -0.2) is 35.1 Å². The van der Waals surface area contributed by atoms with Gasteiger partial charge >= 0.3 is 7.60 Å². The zero-order valence-corrected chi connectivity index (χ0v) is 5.80. The highest BCUT2D eigenvalue weighted by Crippen LogP contribution is 2.33. The van der Waals surface area contributed by atoms with Crippen LogP contribution in [0.1, 0.15) is 0 Å². The summed E-state index contributed by atoms with van der Waals surface area (Å²) in [4.78, 5) is 18.0. The molecule has 0 saturated carbocycles. The molecule has 0 aliphatic heterocycles. The van der Waals surface area contributed by atoms with Crippen molar-refractivity contribution in [3.05, 3.63) is 0 Å². The molecule has 0 aromatic carbocycles. The second-order valence-corrected chi connectivity index (χ2v) is 3.50. The van der Waals surface area contributed by atoms with Crippen LogP contribution in [0.3, 0.4) is 0 Å². The molecule has 0 amide bonds. The molecule has 0 fully saturated rings. The van der Waals surface area contributed by atoms with Crippen molar-refractivity contribution in [3.63, 3.8) is 0 Å². The summed E-state index contributed by atoms with van der Waals surface area (Å²) >= 11 is 0. The Morgan fingerprint density at radius 2 is 1.88 bits per heavy atom. The van der Waals surface area contributed by atoms with Crippen molar-refractivity contribution >= 4 is 7.60 Å². The molecule has 0 rings (SSSR count). The van der Waals surface area contributed by atoms with Crippen LogP contribution in [-0.2, 0) is 4.57 Å². The SMILES string of the molecule is CN(C)CP(=O)(O)O. The fourth-order valence-corrected chi connectivity index (χ4v) is 1.11. The standard InChI is InChI=1S/C3H10NO3P/c1-4(2)3-8(5,6)7/h3H2,1-2H3,(H2,5,6,7). The van der Waals surface area contributed by atoms with E-state index in [1.807, 2.05) is 0 Å². The van der Waals surface area contributed by atoms with Crippen molar-refractivity contribution in [2.45, 2.75) is 0 Å². The molecule has 50 valence electrons. The van der Waals surface area contributed by atoms with Crippen molar-refractivity contribution in [1.82, 2.24) is 4.90 Å². The predicted octanol–water partition coefficient (Wildman–Crippen LogP) is -0.317. The van der Waals surface area contributed by atoms with E-state index in [2.05, 4.69) is 0 Å². The Morgan fingerprint density at radius 3 is 1.88 bits per heavy atom. The second-order valence-electron chi connectivity index (χ2n) is 1.89. The maximum atomic E-state index is 10.1. The Kier molecular flexibility index (Phi) is 2.63. The van der Waals surface area contributed by atoms with E-state index in [9.17, 15) is 4.57 Å². The van der Waals surface area contributed by atoms with E-state index in [0.29, 0.717) is 0 Å². The lowest BCUT2D eigenvalue weighted by molar-refractivity contribution is 0.338. The predicted molar refractivity (Wildman–Crippen MR) is 30.6 cm³/mol. The number of rotatable bonds is 2. The maximum absolute atomic E-state index is 10.1. The van der Waals surface area contributed by atoms with Crippen LogP contribution >= 0.6 is 7.60 Å². The van der Waals surface area contributed by atoms with Gasteiger partial charge in [0.2, 0.25) is 0 Å². The summed E-state index contributed by atoms with van der Waals surface area (Å²) in [5.74, 6) is 0. The molecule has 0 aromatic rings. The van der Waals surface area contributed by atoms with Gasteiger partial charge in [0, 0.05) is 0 Å². The summed E-state index contributed by atoms with van der Waals surface area (Å²) in [5, 5.41) is 0. The van der Waals surface area contributed by atoms with Crippen molar-refractivity contribution in [2.75, 3.05) is 20.4 Å². The maximum Gasteiger partial charge on any atom is 0.339 e. The van der Waals surface area contributed by atoms with Crippen LogP contribution < -0.4 is 0 Å². The lowest BCUT2D eigenvalue weighted by Gasteiger charge is -2.09. The Balaban J connectivity index is 3.56. The molecule has 5 heteroatoms. The molecule has 0 heterocycles. The highest BCUT2D eigenvalue weighted by Gasteiger charge is 2.12. The Morgan fingerprint density at radius 1 is 1.50 bits per heavy atom. The topological polar surface area (TPSA) is 60.8 Å². The van der Waals surface area contributed by atoms with Gasteiger partial charge in [-0.1, -0.05) is 0 Å². The number of hydrogen-bond donors (Lipinski definition) is 2. The van der Waals surface area contributed by atoms with E-state index >= 15 is 0 Å². The summed E-state index contributed by atoms with van der Waals surface area (Å²) in [5.41, 5.74) is 0. The molecule has 0 saturated heterocycles. The fraction of sp³-hybridized carbons (Fsp3) is 1.00. The van der Waals surface area contributed by atoms with Crippen molar-refractivity contribution in [1.29, 1.82) is 0 Å². The molecular weight excluding hydrogens is 129 g/mol. The lowest BCUT2D eigenvalue weighted by Crippen LogP contribution is -2.12. The summed E-state index contributed by atoms with van der Waals surface area (Å²) in [7, 11) is -0.575. The first-order chi connectivity index (χ1) is 3.42. The smallest absolute Gasteiger partial charge is 0.324 e. The van der Waals surface area contributed by atoms with E-state index in [4.69, 9.17) is 9.79 Å². The fourth-order valence-electron chi connectivity index (χ4n) is 0.368. The minimum Gasteiger partial charge on any atom is -0.324 e. The Hall–Kier alpha value is 0.110. The molecule has 0 bridgehead atoms. The van der Waals surface area contributed by atoms with Crippen LogP contribution in [0.25, 0.3) is 0 Å². The van der Waals surface area contributed by atoms with Crippen molar-refractivity contribution < 1.29 is 14.4 Å². The van der Waals surface area contributed by atoms with Gasteiger partial charge in [0.15, 0.2) is 0 Å². The molecule has 0 aliphatic carbocycles. The number of nitrogens with zero attached hydrogens (tertiary/aromatic N) is 1. The van der Waals surface area contributed by atoms with Gasteiger partial charge in [-0.25, -0.2) is 0 Å². The van der Waals surface area contributed by atoms with Crippen LogP contribution in [0.15, 0.2) is 0 Å². The van der Waals surface area contributed by atoms with Gasteiger partial charge in [-0.2, -0.15) is 0 Å².